The Labute approximate surface area is 87.7 Å². The van der Waals surface area contributed by atoms with Gasteiger partial charge in [0.1, 0.15) is 6.61 Å². The van der Waals surface area contributed by atoms with Crippen molar-refractivity contribution in [3.8, 4) is 0 Å². The number of ether oxygens (including phenoxy) is 2. The molecule has 6 heteroatoms. The predicted molar refractivity (Wildman–Crippen MR) is 50.6 cm³/mol. The highest BCUT2D eigenvalue weighted by Gasteiger charge is 2.07. The second kappa shape index (κ2) is 7.78. The second-order valence-corrected chi connectivity index (χ2v) is 2.74. The van der Waals surface area contributed by atoms with Gasteiger partial charge in [0.15, 0.2) is 0 Å². The molecule has 0 aromatic rings. The summed E-state index contributed by atoms with van der Waals surface area (Å²) in [6, 6.07) is 0. The van der Waals surface area contributed by atoms with E-state index in [0.29, 0.717) is 6.61 Å². The van der Waals surface area contributed by atoms with Gasteiger partial charge in [-0.2, -0.15) is 0 Å². The Morgan fingerprint density at radius 3 is 2.13 bits per heavy atom. The Balaban J connectivity index is 3.46. The van der Waals surface area contributed by atoms with E-state index in [0.717, 1.165) is 0 Å². The van der Waals surface area contributed by atoms with Crippen molar-refractivity contribution < 1.29 is 23.9 Å². The molecule has 0 aromatic heterocycles. The van der Waals surface area contributed by atoms with Crippen LogP contribution in [0.3, 0.4) is 0 Å². The summed E-state index contributed by atoms with van der Waals surface area (Å²) in [5, 5.41) is 0. The van der Waals surface area contributed by atoms with Gasteiger partial charge in [0.05, 0.1) is 19.4 Å². The maximum atomic E-state index is 10.9. The van der Waals surface area contributed by atoms with E-state index in [9.17, 15) is 14.4 Å². The highest BCUT2D eigenvalue weighted by atomic mass is 16.5. The summed E-state index contributed by atoms with van der Waals surface area (Å²) in [7, 11) is 0. The number of esters is 2. The number of carbonyl (C=O) groups excluding carboxylic acids is 3. The average molecular weight is 217 g/mol. The molecule has 0 aliphatic carbocycles. The lowest BCUT2D eigenvalue weighted by Crippen LogP contribution is -2.15. The van der Waals surface area contributed by atoms with Crippen LogP contribution in [0.5, 0.6) is 0 Å². The lowest BCUT2D eigenvalue weighted by Gasteiger charge is -2.03. The quantitative estimate of drug-likeness (QED) is 0.593. The summed E-state index contributed by atoms with van der Waals surface area (Å²) in [5.41, 5.74) is 4.84. The third kappa shape index (κ3) is 8.73. The molecule has 1 amide bonds. The fraction of sp³-hybridized carbons (Fsp3) is 0.667. The van der Waals surface area contributed by atoms with Crippen LogP contribution < -0.4 is 5.73 Å². The van der Waals surface area contributed by atoms with Crippen LogP contribution in [0.1, 0.15) is 26.2 Å². The van der Waals surface area contributed by atoms with Crippen LogP contribution in [0.4, 0.5) is 0 Å². The summed E-state index contributed by atoms with van der Waals surface area (Å²) in [6.07, 6.45) is -0.0768. The Morgan fingerprint density at radius 1 is 1.00 bits per heavy atom. The summed E-state index contributed by atoms with van der Waals surface area (Å²) in [6.45, 7) is 1.96. The smallest absolute Gasteiger partial charge is 0.309 e. The molecule has 0 heterocycles. The first-order valence-corrected chi connectivity index (χ1v) is 4.65. The number of primary amides is 1. The lowest BCUT2D eigenvalue weighted by molar-refractivity contribution is -0.149. The molecule has 0 saturated heterocycles. The largest absolute Gasteiger partial charge is 0.466 e. The van der Waals surface area contributed by atoms with Crippen LogP contribution in [-0.2, 0) is 23.9 Å². The highest BCUT2D eigenvalue weighted by molar-refractivity contribution is 5.80. The van der Waals surface area contributed by atoms with Gasteiger partial charge in [-0.1, -0.05) is 0 Å². The van der Waals surface area contributed by atoms with E-state index in [1.165, 1.54) is 0 Å². The van der Waals surface area contributed by atoms with Gasteiger partial charge in [0.25, 0.3) is 0 Å². The van der Waals surface area contributed by atoms with Crippen molar-refractivity contribution in [1.82, 2.24) is 0 Å². The summed E-state index contributed by atoms with van der Waals surface area (Å²) in [4.78, 5) is 32.0. The normalized spacial score (nSPS) is 9.40. The number of rotatable bonds is 7. The van der Waals surface area contributed by atoms with Crippen molar-refractivity contribution in [1.29, 1.82) is 0 Å². The molecule has 0 fully saturated rings. The molecular formula is C9H15NO5. The van der Waals surface area contributed by atoms with Crippen molar-refractivity contribution in [2.24, 2.45) is 5.73 Å². The topological polar surface area (TPSA) is 95.7 Å². The van der Waals surface area contributed by atoms with Gasteiger partial charge in [-0.15, -0.1) is 0 Å². The van der Waals surface area contributed by atoms with E-state index in [1.807, 2.05) is 0 Å². The Kier molecular flexibility index (Phi) is 6.96. The zero-order valence-electron chi connectivity index (χ0n) is 8.65. The van der Waals surface area contributed by atoms with Crippen LogP contribution in [0.15, 0.2) is 0 Å². The monoisotopic (exact) mass is 217 g/mol. The van der Waals surface area contributed by atoms with Gasteiger partial charge in [0.2, 0.25) is 5.91 Å². The fourth-order valence-electron chi connectivity index (χ4n) is 0.779. The molecule has 86 valence electrons. The molecule has 0 atom stereocenters. The van der Waals surface area contributed by atoms with Crippen LogP contribution in [0, 0.1) is 0 Å². The van der Waals surface area contributed by atoms with Crippen molar-refractivity contribution in [3.05, 3.63) is 0 Å². The zero-order chi connectivity index (χ0) is 11.7. The first kappa shape index (κ1) is 13.4. The summed E-state index contributed by atoms with van der Waals surface area (Å²) in [5.74, 6) is -1.52. The van der Waals surface area contributed by atoms with Crippen LogP contribution in [-0.4, -0.2) is 31.1 Å². The van der Waals surface area contributed by atoms with E-state index >= 15 is 0 Å². The molecule has 0 unspecified atom stereocenters. The van der Waals surface area contributed by atoms with E-state index < -0.39 is 17.8 Å². The number of amides is 1. The van der Waals surface area contributed by atoms with Crippen molar-refractivity contribution in [2.75, 3.05) is 13.2 Å². The number of hydrogen-bond acceptors (Lipinski definition) is 5. The highest BCUT2D eigenvalue weighted by Crippen LogP contribution is 1.94. The van der Waals surface area contributed by atoms with Crippen LogP contribution in [0.25, 0.3) is 0 Å². The van der Waals surface area contributed by atoms with Crippen LogP contribution in [0.2, 0.25) is 0 Å². The molecule has 2 N–H and O–H groups in total. The van der Waals surface area contributed by atoms with E-state index in [1.54, 1.807) is 6.92 Å². The Bertz CT molecular complexity index is 239. The van der Waals surface area contributed by atoms with Gasteiger partial charge in [-0.25, -0.2) is 0 Å². The van der Waals surface area contributed by atoms with E-state index in [2.05, 4.69) is 9.47 Å². The first-order chi connectivity index (χ1) is 7.06. The maximum Gasteiger partial charge on any atom is 0.309 e. The zero-order valence-corrected chi connectivity index (χ0v) is 8.65. The first-order valence-electron chi connectivity index (χ1n) is 4.65. The minimum Gasteiger partial charge on any atom is -0.466 e. The molecule has 0 saturated carbocycles. The minimum absolute atomic E-state index is 0.0240. The third-order valence-electron chi connectivity index (χ3n) is 1.45. The molecule has 0 aliphatic rings. The van der Waals surface area contributed by atoms with Gasteiger partial charge < -0.3 is 15.2 Å². The molecular weight excluding hydrogens is 202 g/mol. The Hall–Kier alpha value is -1.59. The van der Waals surface area contributed by atoms with Gasteiger partial charge >= 0.3 is 11.9 Å². The van der Waals surface area contributed by atoms with Crippen LogP contribution >= 0.6 is 0 Å². The van der Waals surface area contributed by atoms with E-state index in [4.69, 9.17) is 5.73 Å². The second-order valence-electron chi connectivity index (χ2n) is 2.74. The molecule has 0 aromatic carbocycles. The standard InChI is InChI=1S/C9H15NO5/c1-2-14-9(13)5-6-15-8(12)4-3-7(10)11/h2-6H2,1H3,(H2,10,11). The number of carbonyl (C=O) groups is 3. The van der Waals surface area contributed by atoms with Gasteiger partial charge in [0, 0.05) is 6.42 Å². The van der Waals surface area contributed by atoms with Crippen molar-refractivity contribution >= 4 is 17.8 Å². The molecule has 15 heavy (non-hydrogen) atoms. The SMILES string of the molecule is CCOC(=O)CCOC(=O)CCC(N)=O. The third-order valence-corrected chi connectivity index (χ3v) is 1.45. The Morgan fingerprint density at radius 2 is 1.60 bits per heavy atom. The van der Waals surface area contributed by atoms with E-state index in [-0.39, 0.29) is 25.9 Å². The number of hydrogen-bond donors (Lipinski definition) is 1. The number of nitrogens with two attached hydrogens (primary N) is 1. The lowest BCUT2D eigenvalue weighted by atomic mass is 10.3. The summed E-state index contributed by atoms with van der Waals surface area (Å²) < 4.78 is 9.28. The molecule has 0 aliphatic heterocycles. The molecule has 6 nitrogen and oxygen atoms in total. The van der Waals surface area contributed by atoms with Gasteiger partial charge in [-0.05, 0) is 6.92 Å². The molecule has 0 rings (SSSR count). The molecule has 0 radical (unpaired) electrons. The minimum atomic E-state index is -0.558. The predicted octanol–water partition coefficient (Wildman–Crippen LogP) is -0.252. The summed E-state index contributed by atoms with van der Waals surface area (Å²) >= 11 is 0. The average Bonchev–Trinajstić information content (AvgIpc) is 2.15. The molecule has 0 spiro atoms. The van der Waals surface area contributed by atoms with Gasteiger partial charge in [-0.3, -0.25) is 14.4 Å². The van der Waals surface area contributed by atoms with Crippen molar-refractivity contribution in [3.63, 3.8) is 0 Å². The molecule has 0 bridgehead atoms. The maximum absolute atomic E-state index is 10.9. The fourth-order valence-corrected chi connectivity index (χ4v) is 0.779. The van der Waals surface area contributed by atoms with Crippen molar-refractivity contribution in [2.45, 2.75) is 26.2 Å².